The van der Waals surface area contributed by atoms with Crippen LogP contribution in [0.15, 0.2) is 54.6 Å². The Balaban J connectivity index is 1.81. The molecule has 0 spiro atoms. The molecule has 0 saturated carbocycles. The number of benzene rings is 2. The van der Waals surface area contributed by atoms with Gasteiger partial charge in [0.2, 0.25) is 5.91 Å². The van der Waals surface area contributed by atoms with E-state index in [0.717, 1.165) is 5.56 Å². The maximum absolute atomic E-state index is 12.2. The predicted octanol–water partition coefficient (Wildman–Crippen LogP) is 2.35. The van der Waals surface area contributed by atoms with E-state index in [0.29, 0.717) is 11.3 Å². The van der Waals surface area contributed by atoms with Gasteiger partial charge in [-0.1, -0.05) is 36.4 Å². The van der Waals surface area contributed by atoms with E-state index in [2.05, 4.69) is 16.2 Å². The van der Waals surface area contributed by atoms with Crippen molar-refractivity contribution < 1.29 is 14.3 Å². The number of hydrogen-bond acceptors (Lipinski definition) is 4. The number of carbonyl (C=O) groups excluding carboxylic acids is 2. The zero-order chi connectivity index (χ0) is 18.9. The van der Waals surface area contributed by atoms with E-state index in [1.165, 1.54) is 0 Å². The van der Waals surface area contributed by atoms with E-state index in [4.69, 9.17) is 17.0 Å². The minimum Gasteiger partial charge on any atom is -0.491 e. The molecular formula is C19H21N3O3S. The van der Waals surface area contributed by atoms with Crippen molar-refractivity contribution in [1.82, 2.24) is 16.2 Å². The molecule has 6 nitrogen and oxygen atoms in total. The lowest BCUT2D eigenvalue weighted by atomic mass is 10.1. The van der Waals surface area contributed by atoms with Crippen molar-refractivity contribution >= 4 is 29.1 Å². The Morgan fingerprint density at radius 1 is 1.04 bits per heavy atom. The molecule has 0 bridgehead atoms. The second-order valence-corrected chi connectivity index (χ2v) is 6.22. The van der Waals surface area contributed by atoms with Gasteiger partial charge in [-0.3, -0.25) is 25.8 Å². The molecule has 2 aromatic carbocycles. The fourth-order valence-corrected chi connectivity index (χ4v) is 2.29. The molecule has 0 fully saturated rings. The number of thiocarbonyl (C=S) groups is 1. The highest BCUT2D eigenvalue weighted by molar-refractivity contribution is 7.80. The SMILES string of the molecule is CC(C)Oc1cccc(C(=O)NC(=S)NNC(=O)Cc2ccccc2)c1. The highest BCUT2D eigenvalue weighted by Crippen LogP contribution is 2.14. The molecule has 0 radical (unpaired) electrons. The topological polar surface area (TPSA) is 79.5 Å². The van der Waals surface area contributed by atoms with Crippen molar-refractivity contribution in [3.05, 3.63) is 65.7 Å². The van der Waals surface area contributed by atoms with Crippen LogP contribution in [0.4, 0.5) is 0 Å². The van der Waals surface area contributed by atoms with Crippen LogP contribution in [0.1, 0.15) is 29.8 Å². The minimum atomic E-state index is -0.394. The number of hydrazine groups is 1. The van der Waals surface area contributed by atoms with Crippen LogP contribution in [-0.2, 0) is 11.2 Å². The Labute approximate surface area is 157 Å². The molecule has 3 N–H and O–H groups in total. The standard InChI is InChI=1S/C19H21N3O3S/c1-13(2)25-16-10-6-9-15(12-16)18(24)20-19(26)22-21-17(23)11-14-7-4-3-5-8-14/h3-10,12-13H,11H2,1-2H3,(H,21,23)(H2,20,22,24,26). The molecule has 0 aliphatic rings. The molecule has 0 unspecified atom stereocenters. The van der Waals surface area contributed by atoms with Gasteiger partial charge >= 0.3 is 0 Å². The Morgan fingerprint density at radius 2 is 1.77 bits per heavy atom. The first-order valence-corrected chi connectivity index (χ1v) is 8.55. The van der Waals surface area contributed by atoms with Crippen LogP contribution in [0, 0.1) is 0 Å². The number of amides is 2. The van der Waals surface area contributed by atoms with Gasteiger partial charge in [0.1, 0.15) is 5.75 Å². The normalized spacial score (nSPS) is 10.1. The van der Waals surface area contributed by atoms with E-state index < -0.39 is 5.91 Å². The molecule has 2 aromatic rings. The van der Waals surface area contributed by atoms with Crippen LogP contribution < -0.4 is 20.9 Å². The third-order valence-corrected chi connectivity index (χ3v) is 3.42. The summed E-state index contributed by atoms with van der Waals surface area (Å²) >= 11 is 5.03. The van der Waals surface area contributed by atoms with Crippen molar-refractivity contribution in [3.8, 4) is 5.75 Å². The number of ether oxygens (including phenoxy) is 1. The van der Waals surface area contributed by atoms with E-state index in [1.54, 1.807) is 24.3 Å². The molecule has 0 aliphatic heterocycles. The van der Waals surface area contributed by atoms with E-state index >= 15 is 0 Å². The molecule has 0 heterocycles. The summed E-state index contributed by atoms with van der Waals surface area (Å²) in [5.74, 6) is -0.0585. The van der Waals surface area contributed by atoms with Crippen molar-refractivity contribution in [3.63, 3.8) is 0 Å². The van der Waals surface area contributed by atoms with Crippen LogP contribution in [0.2, 0.25) is 0 Å². The first kappa shape index (κ1) is 19.4. The maximum Gasteiger partial charge on any atom is 0.257 e. The van der Waals surface area contributed by atoms with Crippen molar-refractivity contribution in [2.24, 2.45) is 0 Å². The zero-order valence-electron chi connectivity index (χ0n) is 14.6. The molecule has 0 aliphatic carbocycles. The van der Waals surface area contributed by atoms with Crippen molar-refractivity contribution in [2.45, 2.75) is 26.4 Å². The maximum atomic E-state index is 12.2. The largest absolute Gasteiger partial charge is 0.491 e. The molecule has 0 aromatic heterocycles. The highest BCUT2D eigenvalue weighted by Gasteiger charge is 2.10. The second-order valence-electron chi connectivity index (χ2n) is 5.81. The molecule has 2 rings (SSSR count). The van der Waals surface area contributed by atoms with Gasteiger partial charge in [-0.2, -0.15) is 0 Å². The summed E-state index contributed by atoms with van der Waals surface area (Å²) in [6, 6.07) is 16.1. The monoisotopic (exact) mass is 371 g/mol. The molecule has 26 heavy (non-hydrogen) atoms. The predicted molar refractivity (Wildman–Crippen MR) is 104 cm³/mol. The fraction of sp³-hybridized carbons (Fsp3) is 0.211. The number of carbonyl (C=O) groups is 2. The third kappa shape index (κ3) is 6.52. The van der Waals surface area contributed by atoms with Gasteiger partial charge in [0, 0.05) is 5.56 Å². The lowest BCUT2D eigenvalue weighted by Gasteiger charge is -2.12. The van der Waals surface area contributed by atoms with Crippen LogP contribution in [0.25, 0.3) is 0 Å². The molecule has 136 valence electrons. The van der Waals surface area contributed by atoms with Gasteiger partial charge in [0.25, 0.3) is 5.91 Å². The number of nitrogens with one attached hydrogen (secondary N) is 3. The van der Waals surface area contributed by atoms with E-state index in [9.17, 15) is 9.59 Å². The molecular weight excluding hydrogens is 350 g/mol. The minimum absolute atomic E-state index is 0.00610. The van der Waals surface area contributed by atoms with Gasteiger partial charge in [-0.25, -0.2) is 0 Å². The lowest BCUT2D eigenvalue weighted by Crippen LogP contribution is -2.48. The Bertz CT molecular complexity index is 779. The van der Waals surface area contributed by atoms with Crippen molar-refractivity contribution in [1.29, 1.82) is 0 Å². The molecule has 0 saturated heterocycles. The Kier molecular flexibility index (Phi) is 7.11. The van der Waals surface area contributed by atoms with Gasteiger partial charge < -0.3 is 4.74 Å². The van der Waals surface area contributed by atoms with Crippen LogP contribution >= 0.6 is 12.2 Å². The smallest absolute Gasteiger partial charge is 0.257 e. The van der Waals surface area contributed by atoms with E-state index in [-0.39, 0.29) is 23.5 Å². The summed E-state index contributed by atoms with van der Waals surface area (Å²) in [4.78, 5) is 24.1. The van der Waals surface area contributed by atoms with Crippen LogP contribution in [0.5, 0.6) is 5.75 Å². The van der Waals surface area contributed by atoms with Gasteiger partial charge in [0.15, 0.2) is 5.11 Å². The van der Waals surface area contributed by atoms with Gasteiger partial charge in [-0.15, -0.1) is 0 Å². The molecule has 7 heteroatoms. The van der Waals surface area contributed by atoms with Crippen LogP contribution in [0.3, 0.4) is 0 Å². The van der Waals surface area contributed by atoms with Crippen LogP contribution in [-0.4, -0.2) is 23.0 Å². The number of hydrogen-bond donors (Lipinski definition) is 3. The van der Waals surface area contributed by atoms with Crippen molar-refractivity contribution in [2.75, 3.05) is 0 Å². The highest BCUT2D eigenvalue weighted by atomic mass is 32.1. The summed E-state index contributed by atoms with van der Waals surface area (Å²) in [5.41, 5.74) is 6.26. The van der Waals surface area contributed by atoms with Gasteiger partial charge in [0.05, 0.1) is 12.5 Å². The average Bonchev–Trinajstić information content (AvgIpc) is 2.60. The molecule has 0 atom stereocenters. The summed E-state index contributed by atoms with van der Waals surface area (Å²) in [7, 11) is 0. The fourth-order valence-electron chi connectivity index (χ4n) is 2.14. The first-order valence-electron chi connectivity index (χ1n) is 8.15. The zero-order valence-corrected chi connectivity index (χ0v) is 15.4. The van der Waals surface area contributed by atoms with E-state index in [1.807, 2.05) is 44.2 Å². The summed E-state index contributed by atoms with van der Waals surface area (Å²) in [6.07, 6.45) is 0.217. The lowest BCUT2D eigenvalue weighted by molar-refractivity contribution is -0.121. The quantitative estimate of drug-likeness (QED) is 0.555. The Hall–Kier alpha value is -2.93. The third-order valence-electron chi connectivity index (χ3n) is 3.22. The number of rotatable bonds is 5. The summed E-state index contributed by atoms with van der Waals surface area (Å²) < 4.78 is 5.56. The first-order chi connectivity index (χ1) is 12.4. The average molecular weight is 371 g/mol. The summed E-state index contributed by atoms with van der Waals surface area (Å²) in [6.45, 7) is 3.81. The second kappa shape index (κ2) is 9.53. The van der Waals surface area contributed by atoms with Gasteiger partial charge in [-0.05, 0) is 49.8 Å². The molecule has 2 amide bonds. The Morgan fingerprint density at radius 3 is 2.46 bits per heavy atom. The summed E-state index contributed by atoms with van der Waals surface area (Å²) in [5, 5.41) is 2.51.